The predicted molar refractivity (Wildman–Crippen MR) is 65.6 cm³/mol. The second kappa shape index (κ2) is 5.51. The summed E-state index contributed by atoms with van der Waals surface area (Å²) in [6.07, 6.45) is 8.77. The Morgan fingerprint density at radius 1 is 1.27 bits per heavy atom. The van der Waals surface area contributed by atoms with Gasteiger partial charge in [-0.3, -0.25) is 0 Å². The first kappa shape index (κ1) is 13.3. The van der Waals surface area contributed by atoms with E-state index in [1.807, 2.05) is 0 Å². The maximum atomic E-state index is 5.86. The van der Waals surface area contributed by atoms with Crippen molar-refractivity contribution in [1.29, 1.82) is 0 Å². The lowest BCUT2D eigenvalue weighted by molar-refractivity contribution is -0.148. The Hall–Kier alpha value is 0.210. The number of nitrogens with one attached hydrogen (secondary N) is 1. The fourth-order valence-corrected chi connectivity index (χ4v) is 3.47. The van der Waals surface area contributed by atoms with Crippen LogP contribution < -0.4 is 5.32 Å². The molecular weight excluding hydrogens is 210 g/mol. The Morgan fingerprint density at radius 2 is 1.93 bits per heavy atom. The summed E-state index contributed by atoms with van der Waals surface area (Å²) < 4.78 is 5.86. The molecule has 2 rings (SSSR count). The molecular formula is C12H24ClNO. The molecule has 0 radical (unpaired) electrons. The van der Waals surface area contributed by atoms with E-state index in [0.29, 0.717) is 11.5 Å². The van der Waals surface area contributed by atoms with E-state index in [-0.39, 0.29) is 12.4 Å². The van der Waals surface area contributed by atoms with Crippen molar-refractivity contribution >= 4 is 12.4 Å². The summed E-state index contributed by atoms with van der Waals surface area (Å²) in [6.45, 7) is 2.99. The predicted octanol–water partition coefficient (Wildman–Crippen LogP) is 2.76. The van der Waals surface area contributed by atoms with Crippen molar-refractivity contribution in [3.8, 4) is 0 Å². The molecule has 15 heavy (non-hydrogen) atoms. The molecule has 0 aromatic carbocycles. The van der Waals surface area contributed by atoms with Crippen LogP contribution in [0.5, 0.6) is 0 Å². The number of ether oxygens (including phenoxy) is 1. The molecule has 0 bridgehead atoms. The maximum Gasteiger partial charge on any atom is 0.0661 e. The third kappa shape index (κ3) is 2.17. The average molecular weight is 234 g/mol. The van der Waals surface area contributed by atoms with E-state index in [0.717, 1.165) is 12.6 Å². The molecule has 3 heteroatoms. The second-order valence-corrected chi connectivity index (χ2v) is 4.81. The molecule has 90 valence electrons. The Labute approximate surface area is 99.6 Å². The van der Waals surface area contributed by atoms with Gasteiger partial charge in [0, 0.05) is 18.1 Å². The van der Waals surface area contributed by atoms with Crippen molar-refractivity contribution in [2.24, 2.45) is 5.41 Å². The van der Waals surface area contributed by atoms with Crippen molar-refractivity contribution in [3.05, 3.63) is 0 Å². The molecule has 0 aromatic rings. The Morgan fingerprint density at radius 3 is 2.47 bits per heavy atom. The molecule has 2 saturated carbocycles. The first-order valence-electron chi connectivity index (χ1n) is 6.12. The molecule has 0 aliphatic heterocycles. The molecule has 2 aliphatic rings. The van der Waals surface area contributed by atoms with E-state index >= 15 is 0 Å². The molecule has 2 nitrogen and oxygen atoms in total. The van der Waals surface area contributed by atoms with Crippen LogP contribution in [0.2, 0.25) is 0 Å². The Kier molecular flexibility index (Phi) is 4.88. The van der Waals surface area contributed by atoms with Crippen LogP contribution in [0.25, 0.3) is 0 Å². The highest BCUT2D eigenvalue weighted by Crippen LogP contribution is 2.53. The van der Waals surface area contributed by atoms with Gasteiger partial charge in [0.05, 0.1) is 6.10 Å². The quantitative estimate of drug-likeness (QED) is 0.810. The van der Waals surface area contributed by atoms with Crippen LogP contribution in [0.15, 0.2) is 0 Å². The van der Waals surface area contributed by atoms with Crippen LogP contribution in [0.3, 0.4) is 0 Å². The lowest BCUT2D eigenvalue weighted by atomic mass is 9.55. The summed E-state index contributed by atoms with van der Waals surface area (Å²) in [5.41, 5.74) is 0.503. The molecule has 1 N–H and O–H groups in total. The molecule has 0 saturated heterocycles. The number of halogens is 1. The van der Waals surface area contributed by atoms with Crippen molar-refractivity contribution < 1.29 is 4.74 Å². The van der Waals surface area contributed by atoms with E-state index in [4.69, 9.17) is 4.74 Å². The van der Waals surface area contributed by atoms with Crippen molar-refractivity contribution in [1.82, 2.24) is 5.32 Å². The third-order valence-corrected chi connectivity index (χ3v) is 4.29. The monoisotopic (exact) mass is 233 g/mol. The zero-order valence-electron chi connectivity index (χ0n) is 9.92. The molecule has 0 amide bonds. The minimum absolute atomic E-state index is 0. The first-order chi connectivity index (χ1) is 6.83. The zero-order valence-corrected chi connectivity index (χ0v) is 10.7. The largest absolute Gasteiger partial charge is 0.378 e. The summed E-state index contributed by atoms with van der Waals surface area (Å²) in [5, 5.41) is 3.47. The number of hydrogen-bond acceptors (Lipinski definition) is 2. The fourth-order valence-electron chi connectivity index (χ4n) is 3.47. The van der Waals surface area contributed by atoms with E-state index in [1.54, 1.807) is 0 Å². The fraction of sp³-hybridized carbons (Fsp3) is 1.00. The van der Waals surface area contributed by atoms with E-state index in [1.165, 1.54) is 38.5 Å². The van der Waals surface area contributed by atoms with Crippen LogP contribution in [0.1, 0.15) is 45.4 Å². The smallest absolute Gasteiger partial charge is 0.0661 e. The van der Waals surface area contributed by atoms with Crippen molar-refractivity contribution in [2.75, 3.05) is 13.7 Å². The van der Waals surface area contributed by atoms with Gasteiger partial charge in [0.25, 0.3) is 0 Å². The van der Waals surface area contributed by atoms with Gasteiger partial charge in [-0.1, -0.05) is 19.3 Å². The number of hydrogen-bond donors (Lipinski definition) is 1. The van der Waals surface area contributed by atoms with Crippen LogP contribution in [-0.2, 0) is 4.74 Å². The normalized spacial score (nSPS) is 33.2. The standard InChI is InChI=1S/C12H23NO.ClH/c1-3-14-11-9-10(13-2)12(11)7-5-4-6-8-12;/h10-11,13H,3-9H2,1-2H3;1H. The van der Waals surface area contributed by atoms with Crippen LogP contribution in [-0.4, -0.2) is 25.8 Å². The van der Waals surface area contributed by atoms with Gasteiger partial charge in [-0.25, -0.2) is 0 Å². The lowest BCUT2D eigenvalue weighted by Gasteiger charge is -2.57. The third-order valence-electron chi connectivity index (χ3n) is 4.29. The van der Waals surface area contributed by atoms with E-state index < -0.39 is 0 Å². The lowest BCUT2D eigenvalue weighted by Crippen LogP contribution is -2.63. The molecule has 0 heterocycles. The van der Waals surface area contributed by atoms with E-state index in [2.05, 4.69) is 19.3 Å². The van der Waals surface area contributed by atoms with Crippen LogP contribution >= 0.6 is 12.4 Å². The minimum Gasteiger partial charge on any atom is -0.378 e. The second-order valence-electron chi connectivity index (χ2n) is 4.81. The summed E-state index contributed by atoms with van der Waals surface area (Å²) in [5.74, 6) is 0. The van der Waals surface area contributed by atoms with Gasteiger partial charge in [0.2, 0.25) is 0 Å². The maximum absolute atomic E-state index is 5.86. The topological polar surface area (TPSA) is 21.3 Å². The van der Waals surface area contributed by atoms with Gasteiger partial charge in [0.15, 0.2) is 0 Å². The summed E-state index contributed by atoms with van der Waals surface area (Å²) in [4.78, 5) is 0. The average Bonchev–Trinajstić information content (AvgIpc) is 2.25. The van der Waals surface area contributed by atoms with Gasteiger partial charge < -0.3 is 10.1 Å². The molecule has 2 aliphatic carbocycles. The molecule has 1 spiro atoms. The highest BCUT2D eigenvalue weighted by molar-refractivity contribution is 5.85. The van der Waals surface area contributed by atoms with Gasteiger partial charge in [-0.15, -0.1) is 12.4 Å². The molecule has 2 fully saturated rings. The van der Waals surface area contributed by atoms with Crippen LogP contribution in [0, 0.1) is 5.41 Å². The zero-order chi connectivity index (χ0) is 10.0. The van der Waals surface area contributed by atoms with E-state index in [9.17, 15) is 0 Å². The Balaban J connectivity index is 0.00000112. The van der Waals surface area contributed by atoms with Gasteiger partial charge in [0.1, 0.15) is 0 Å². The van der Waals surface area contributed by atoms with Gasteiger partial charge in [-0.05, 0) is 33.2 Å². The Bertz CT molecular complexity index is 192. The highest BCUT2D eigenvalue weighted by atomic mass is 35.5. The van der Waals surface area contributed by atoms with Crippen LogP contribution in [0.4, 0.5) is 0 Å². The number of rotatable bonds is 3. The first-order valence-corrected chi connectivity index (χ1v) is 6.12. The molecule has 2 unspecified atom stereocenters. The van der Waals surface area contributed by atoms with Gasteiger partial charge in [-0.2, -0.15) is 0 Å². The van der Waals surface area contributed by atoms with Crippen molar-refractivity contribution in [2.45, 2.75) is 57.6 Å². The minimum atomic E-state index is 0. The van der Waals surface area contributed by atoms with Gasteiger partial charge >= 0.3 is 0 Å². The highest BCUT2D eigenvalue weighted by Gasteiger charge is 2.54. The summed E-state index contributed by atoms with van der Waals surface area (Å²) >= 11 is 0. The summed E-state index contributed by atoms with van der Waals surface area (Å²) in [6, 6.07) is 0.722. The molecule has 0 aromatic heterocycles. The molecule has 2 atom stereocenters. The summed E-state index contributed by atoms with van der Waals surface area (Å²) in [7, 11) is 2.10. The SMILES string of the molecule is CCOC1CC(NC)C12CCCCC2.Cl. The van der Waals surface area contributed by atoms with Crippen molar-refractivity contribution in [3.63, 3.8) is 0 Å².